The van der Waals surface area contributed by atoms with Crippen LogP contribution in [-0.4, -0.2) is 35.4 Å². The van der Waals surface area contributed by atoms with E-state index in [4.69, 9.17) is 4.74 Å². The van der Waals surface area contributed by atoms with Crippen molar-refractivity contribution in [2.45, 2.75) is 12.5 Å². The standard InChI is InChI=1S/C13H12N2O3/c1-18-13(17)10-4-7-5-14-9-2-3-11(16)8(6-15-10)12(7)9/h2-3,5-6,10,14,16H,4H2,1H3/t10-/m0/s1. The summed E-state index contributed by atoms with van der Waals surface area (Å²) in [5.74, 6) is -0.203. The Bertz CT molecular complexity index is 658. The molecule has 0 amide bonds. The van der Waals surface area contributed by atoms with Gasteiger partial charge in [-0.25, -0.2) is 4.79 Å². The smallest absolute Gasteiger partial charge is 0.330 e. The van der Waals surface area contributed by atoms with E-state index in [2.05, 4.69) is 9.98 Å². The number of phenolic OH excluding ortho intramolecular Hbond substituents is 1. The number of carbonyl (C=O) groups is 1. The predicted octanol–water partition coefficient (Wildman–Crippen LogP) is 1.39. The largest absolute Gasteiger partial charge is 0.507 e. The highest BCUT2D eigenvalue weighted by Gasteiger charge is 2.24. The van der Waals surface area contributed by atoms with Crippen molar-refractivity contribution >= 4 is 23.1 Å². The molecule has 1 aliphatic rings. The molecule has 0 unspecified atom stereocenters. The Kier molecular flexibility index (Phi) is 2.33. The molecule has 0 fully saturated rings. The highest BCUT2D eigenvalue weighted by Crippen LogP contribution is 2.31. The van der Waals surface area contributed by atoms with Gasteiger partial charge in [-0.1, -0.05) is 0 Å². The van der Waals surface area contributed by atoms with Crippen molar-refractivity contribution in [2.75, 3.05) is 7.11 Å². The van der Waals surface area contributed by atoms with E-state index in [0.717, 1.165) is 16.5 Å². The number of ether oxygens (including phenoxy) is 1. The Morgan fingerprint density at radius 3 is 3.17 bits per heavy atom. The molecule has 0 radical (unpaired) electrons. The summed E-state index contributed by atoms with van der Waals surface area (Å²) in [7, 11) is 1.35. The van der Waals surface area contributed by atoms with Gasteiger partial charge < -0.3 is 14.8 Å². The van der Waals surface area contributed by atoms with Crippen LogP contribution in [0.3, 0.4) is 0 Å². The minimum Gasteiger partial charge on any atom is -0.507 e. The summed E-state index contributed by atoms with van der Waals surface area (Å²) in [4.78, 5) is 18.9. The van der Waals surface area contributed by atoms with E-state index < -0.39 is 6.04 Å². The van der Waals surface area contributed by atoms with Crippen LogP contribution in [0, 0.1) is 0 Å². The van der Waals surface area contributed by atoms with E-state index in [1.54, 1.807) is 12.3 Å². The SMILES string of the molecule is COC(=O)[C@@H]1Cc2c[nH]c3ccc(O)c(c23)C=N1. The third kappa shape index (κ3) is 1.48. The maximum atomic E-state index is 11.6. The van der Waals surface area contributed by atoms with Crippen molar-refractivity contribution in [3.8, 4) is 5.75 Å². The van der Waals surface area contributed by atoms with Crippen LogP contribution in [0.25, 0.3) is 10.9 Å². The van der Waals surface area contributed by atoms with Gasteiger partial charge in [0.15, 0.2) is 6.04 Å². The molecule has 2 aromatic rings. The topological polar surface area (TPSA) is 74.7 Å². The Hall–Kier alpha value is -2.30. The van der Waals surface area contributed by atoms with Crippen molar-refractivity contribution < 1.29 is 14.6 Å². The number of phenols is 1. The first-order valence-electron chi connectivity index (χ1n) is 5.63. The fourth-order valence-electron chi connectivity index (χ4n) is 2.31. The van der Waals surface area contributed by atoms with Crippen LogP contribution in [-0.2, 0) is 16.0 Å². The molecule has 2 heterocycles. The van der Waals surface area contributed by atoms with E-state index in [1.165, 1.54) is 7.11 Å². The quantitative estimate of drug-likeness (QED) is 0.744. The monoisotopic (exact) mass is 244 g/mol. The molecule has 5 nitrogen and oxygen atoms in total. The van der Waals surface area contributed by atoms with Gasteiger partial charge in [0.25, 0.3) is 0 Å². The molecule has 18 heavy (non-hydrogen) atoms. The van der Waals surface area contributed by atoms with Crippen LogP contribution in [0.4, 0.5) is 0 Å². The van der Waals surface area contributed by atoms with Crippen molar-refractivity contribution in [2.24, 2.45) is 4.99 Å². The first kappa shape index (κ1) is 10.8. The molecule has 0 saturated heterocycles. The number of aromatic amines is 1. The highest BCUT2D eigenvalue weighted by molar-refractivity contribution is 6.04. The number of hydrogen-bond acceptors (Lipinski definition) is 4. The van der Waals surface area contributed by atoms with Crippen molar-refractivity contribution in [3.05, 3.63) is 29.5 Å². The lowest BCUT2D eigenvalue weighted by atomic mass is 10.0. The third-order valence-electron chi connectivity index (χ3n) is 3.22. The number of nitrogens with zero attached hydrogens (tertiary/aromatic N) is 1. The number of nitrogens with one attached hydrogen (secondary N) is 1. The lowest BCUT2D eigenvalue weighted by molar-refractivity contribution is -0.142. The molecule has 0 saturated carbocycles. The number of benzene rings is 1. The Morgan fingerprint density at radius 2 is 2.39 bits per heavy atom. The van der Waals surface area contributed by atoms with Gasteiger partial charge >= 0.3 is 5.97 Å². The molecule has 1 aromatic heterocycles. The molecule has 0 bridgehead atoms. The summed E-state index contributed by atoms with van der Waals surface area (Å²) >= 11 is 0. The molecule has 1 aromatic carbocycles. The maximum Gasteiger partial charge on any atom is 0.330 e. The fraction of sp³-hybridized carbons (Fsp3) is 0.231. The molecular formula is C13H12N2O3. The minimum absolute atomic E-state index is 0.164. The highest BCUT2D eigenvalue weighted by atomic mass is 16.5. The molecule has 1 aliphatic heterocycles. The van der Waals surface area contributed by atoms with E-state index in [0.29, 0.717) is 12.0 Å². The molecular weight excluding hydrogens is 232 g/mol. The second kappa shape index (κ2) is 3.87. The average molecular weight is 244 g/mol. The second-order valence-electron chi connectivity index (χ2n) is 4.26. The van der Waals surface area contributed by atoms with E-state index in [-0.39, 0.29) is 11.7 Å². The zero-order valence-corrected chi connectivity index (χ0v) is 9.80. The van der Waals surface area contributed by atoms with Gasteiger partial charge in [-0.2, -0.15) is 0 Å². The van der Waals surface area contributed by atoms with E-state index >= 15 is 0 Å². The van der Waals surface area contributed by atoms with Crippen LogP contribution >= 0.6 is 0 Å². The Morgan fingerprint density at radius 1 is 1.56 bits per heavy atom. The van der Waals surface area contributed by atoms with Crippen LogP contribution < -0.4 is 0 Å². The second-order valence-corrected chi connectivity index (χ2v) is 4.26. The average Bonchev–Trinajstić information content (AvgIpc) is 2.67. The van der Waals surface area contributed by atoms with Crippen molar-refractivity contribution in [1.82, 2.24) is 4.98 Å². The molecule has 0 aliphatic carbocycles. The van der Waals surface area contributed by atoms with E-state index in [1.807, 2.05) is 12.3 Å². The Labute approximate surface area is 103 Å². The van der Waals surface area contributed by atoms with Gasteiger partial charge in [0.1, 0.15) is 5.75 Å². The first-order valence-corrected chi connectivity index (χ1v) is 5.63. The van der Waals surface area contributed by atoms with Gasteiger partial charge in [-0.15, -0.1) is 0 Å². The van der Waals surface area contributed by atoms with Crippen LogP contribution in [0.1, 0.15) is 11.1 Å². The normalized spacial score (nSPS) is 17.7. The van der Waals surface area contributed by atoms with Gasteiger partial charge in [0, 0.05) is 35.3 Å². The molecule has 0 spiro atoms. The molecule has 1 atom stereocenters. The number of carbonyl (C=O) groups excluding carboxylic acids is 1. The number of rotatable bonds is 1. The number of methoxy groups -OCH3 is 1. The summed E-state index contributed by atoms with van der Waals surface area (Å²) in [6.45, 7) is 0. The van der Waals surface area contributed by atoms with Gasteiger partial charge in [0.05, 0.1) is 7.11 Å². The van der Waals surface area contributed by atoms with Gasteiger partial charge in [-0.05, 0) is 17.7 Å². The first-order chi connectivity index (χ1) is 8.70. The fourth-order valence-corrected chi connectivity index (χ4v) is 2.31. The van der Waals surface area contributed by atoms with Gasteiger partial charge in [-0.3, -0.25) is 4.99 Å². The summed E-state index contributed by atoms with van der Waals surface area (Å²) in [6.07, 6.45) is 3.86. The third-order valence-corrected chi connectivity index (χ3v) is 3.22. The van der Waals surface area contributed by atoms with Crippen LogP contribution in [0.15, 0.2) is 23.3 Å². The summed E-state index contributed by atoms with van der Waals surface area (Å²) in [6, 6.07) is 2.87. The van der Waals surface area contributed by atoms with Crippen LogP contribution in [0.2, 0.25) is 0 Å². The van der Waals surface area contributed by atoms with Crippen molar-refractivity contribution in [3.63, 3.8) is 0 Å². The Balaban J connectivity index is 2.20. The lowest BCUT2D eigenvalue weighted by Crippen LogP contribution is -2.22. The number of H-pyrrole nitrogens is 1. The molecule has 92 valence electrons. The zero-order valence-electron chi connectivity index (χ0n) is 9.80. The molecule has 2 N–H and O–H groups in total. The summed E-state index contributed by atoms with van der Waals surface area (Å²) in [5, 5.41) is 10.8. The predicted molar refractivity (Wildman–Crippen MR) is 67.1 cm³/mol. The number of hydrogen-bond donors (Lipinski definition) is 2. The van der Waals surface area contributed by atoms with Gasteiger partial charge in [0.2, 0.25) is 0 Å². The van der Waals surface area contributed by atoms with Crippen LogP contribution in [0.5, 0.6) is 5.75 Å². The molecule has 3 rings (SSSR count). The minimum atomic E-state index is -0.555. The van der Waals surface area contributed by atoms with E-state index in [9.17, 15) is 9.90 Å². The summed E-state index contributed by atoms with van der Waals surface area (Å²) < 4.78 is 4.72. The number of aromatic nitrogens is 1. The van der Waals surface area contributed by atoms with Crippen molar-refractivity contribution in [1.29, 1.82) is 0 Å². The number of aliphatic imine (C=N–C) groups is 1. The number of aromatic hydroxyl groups is 1. The number of esters is 1. The molecule has 5 heteroatoms. The lowest BCUT2D eigenvalue weighted by Gasteiger charge is -2.06. The zero-order chi connectivity index (χ0) is 12.7. The summed E-state index contributed by atoms with van der Waals surface area (Å²) in [5.41, 5.74) is 2.54. The maximum absolute atomic E-state index is 11.6.